The van der Waals surface area contributed by atoms with Crippen molar-refractivity contribution in [2.45, 2.75) is 27.2 Å². The molecular formula is C10H13NO3S. The first-order valence-electron chi connectivity index (χ1n) is 4.67. The lowest BCUT2D eigenvalue weighted by Crippen LogP contribution is -2.12. The van der Waals surface area contributed by atoms with E-state index in [0.717, 1.165) is 9.88 Å². The second kappa shape index (κ2) is 5.02. The minimum Gasteiger partial charge on any atom is -0.466 e. The van der Waals surface area contributed by atoms with E-state index in [0.29, 0.717) is 12.3 Å². The molecule has 5 heteroatoms. The Balaban J connectivity index is 2.69. The number of aromatic nitrogens is 1. The second-order valence-electron chi connectivity index (χ2n) is 3.04. The number of ether oxygens (including phenoxy) is 1. The molecule has 0 N–H and O–H groups in total. The van der Waals surface area contributed by atoms with E-state index in [1.165, 1.54) is 11.3 Å². The van der Waals surface area contributed by atoms with Gasteiger partial charge < -0.3 is 4.74 Å². The molecule has 82 valence electrons. The summed E-state index contributed by atoms with van der Waals surface area (Å²) in [5, 5.41) is 0.833. The van der Waals surface area contributed by atoms with E-state index >= 15 is 0 Å². The van der Waals surface area contributed by atoms with Crippen LogP contribution >= 0.6 is 11.3 Å². The maximum Gasteiger partial charge on any atom is 0.313 e. The molecule has 0 aliphatic carbocycles. The van der Waals surface area contributed by atoms with E-state index in [4.69, 9.17) is 4.74 Å². The molecule has 15 heavy (non-hydrogen) atoms. The van der Waals surface area contributed by atoms with Crippen molar-refractivity contribution in [1.82, 2.24) is 4.98 Å². The predicted molar refractivity (Wildman–Crippen MR) is 57.2 cm³/mol. The largest absolute Gasteiger partial charge is 0.466 e. The Bertz CT molecular complexity index is 384. The van der Waals surface area contributed by atoms with E-state index in [9.17, 15) is 9.59 Å². The number of ketones is 1. The van der Waals surface area contributed by atoms with Gasteiger partial charge in [0.15, 0.2) is 5.78 Å². The van der Waals surface area contributed by atoms with Crippen LogP contribution in [0.15, 0.2) is 0 Å². The van der Waals surface area contributed by atoms with E-state index < -0.39 is 5.97 Å². The lowest BCUT2D eigenvalue weighted by atomic mass is 10.2. The average molecular weight is 227 g/mol. The van der Waals surface area contributed by atoms with Crippen molar-refractivity contribution in [3.05, 3.63) is 15.6 Å². The molecule has 1 rings (SSSR count). The number of rotatable bonds is 4. The van der Waals surface area contributed by atoms with Gasteiger partial charge in [-0.3, -0.25) is 9.59 Å². The molecule has 0 fully saturated rings. The van der Waals surface area contributed by atoms with Crippen LogP contribution < -0.4 is 0 Å². The smallest absolute Gasteiger partial charge is 0.313 e. The molecule has 1 aromatic rings. The maximum atomic E-state index is 11.6. The van der Waals surface area contributed by atoms with Crippen LogP contribution in [0.5, 0.6) is 0 Å². The normalized spacial score (nSPS) is 10.1. The summed E-state index contributed by atoms with van der Waals surface area (Å²) in [6.45, 7) is 5.66. The fourth-order valence-electron chi connectivity index (χ4n) is 1.21. The standard InChI is InChI=1S/C10H13NO3S/c1-4-14-9(13)5-8(12)10-6(2)15-7(3)11-10/h4-5H2,1-3H3. The molecule has 0 radical (unpaired) electrons. The van der Waals surface area contributed by atoms with Gasteiger partial charge >= 0.3 is 5.97 Å². The van der Waals surface area contributed by atoms with Crippen molar-refractivity contribution < 1.29 is 14.3 Å². The van der Waals surface area contributed by atoms with Gasteiger partial charge in [0.05, 0.1) is 11.6 Å². The molecule has 0 bridgehead atoms. The molecule has 1 heterocycles. The van der Waals surface area contributed by atoms with Gasteiger partial charge in [-0.05, 0) is 20.8 Å². The molecule has 1 aromatic heterocycles. The quantitative estimate of drug-likeness (QED) is 0.448. The summed E-state index contributed by atoms with van der Waals surface area (Å²) in [4.78, 5) is 27.6. The van der Waals surface area contributed by atoms with Crippen LogP contribution in [-0.2, 0) is 9.53 Å². The van der Waals surface area contributed by atoms with Crippen molar-refractivity contribution in [1.29, 1.82) is 0 Å². The number of carbonyl (C=O) groups is 2. The van der Waals surface area contributed by atoms with Gasteiger partial charge in [-0.15, -0.1) is 11.3 Å². The first-order chi connectivity index (χ1) is 7.04. The van der Waals surface area contributed by atoms with Crippen molar-refractivity contribution >= 4 is 23.1 Å². The van der Waals surface area contributed by atoms with Crippen molar-refractivity contribution in [2.24, 2.45) is 0 Å². The van der Waals surface area contributed by atoms with E-state index in [-0.39, 0.29) is 12.2 Å². The minimum atomic E-state index is -0.493. The summed E-state index contributed by atoms with van der Waals surface area (Å²) in [6.07, 6.45) is -0.224. The third-order valence-corrected chi connectivity index (χ3v) is 2.66. The maximum absolute atomic E-state index is 11.6. The summed E-state index contributed by atoms with van der Waals surface area (Å²) in [6, 6.07) is 0. The highest BCUT2D eigenvalue weighted by Crippen LogP contribution is 2.17. The van der Waals surface area contributed by atoms with Crippen LogP contribution in [0.25, 0.3) is 0 Å². The highest BCUT2D eigenvalue weighted by Gasteiger charge is 2.17. The number of hydrogen-bond donors (Lipinski definition) is 0. The Hall–Kier alpha value is -1.23. The summed E-state index contributed by atoms with van der Waals surface area (Å²) in [5.74, 6) is -0.761. The van der Waals surface area contributed by atoms with Crippen LogP contribution in [0.3, 0.4) is 0 Å². The first kappa shape index (κ1) is 11.8. The molecule has 0 atom stereocenters. The van der Waals surface area contributed by atoms with Gasteiger partial charge in [0, 0.05) is 4.88 Å². The molecule has 0 saturated carbocycles. The highest BCUT2D eigenvalue weighted by molar-refractivity contribution is 7.11. The molecule has 0 aliphatic rings. The van der Waals surface area contributed by atoms with Crippen molar-refractivity contribution in [3.63, 3.8) is 0 Å². The summed E-state index contributed by atoms with van der Waals surface area (Å²) in [7, 11) is 0. The van der Waals surface area contributed by atoms with Crippen LogP contribution in [0, 0.1) is 13.8 Å². The van der Waals surface area contributed by atoms with Crippen molar-refractivity contribution in [3.8, 4) is 0 Å². The van der Waals surface area contributed by atoms with Gasteiger partial charge in [0.25, 0.3) is 0 Å². The number of Topliss-reactive ketones (excluding diaryl/α,β-unsaturated/α-hetero) is 1. The Kier molecular flexibility index (Phi) is 3.96. The average Bonchev–Trinajstić information content (AvgIpc) is 2.45. The monoisotopic (exact) mass is 227 g/mol. The van der Waals surface area contributed by atoms with Gasteiger partial charge in [0.2, 0.25) is 0 Å². The molecule has 0 unspecified atom stereocenters. The van der Waals surface area contributed by atoms with Gasteiger partial charge in [0.1, 0.15) is 12.1 Å². The molecule has 4 nitrogen and oxygen atoms in total. The van der Waals surface area contributed by atoms with Crippen LogP contribution in [-0.4, -0.2) is 23.3 Å². The summed E-state index contributed by atoms with van der Waals surface area (Å²) >= 11 is 1.45. The van der Waals surface area contributed by atoms with E-state index in [1.54, 1.807) is 6.92 Å². The molecule has 0 aliphatic heterocycles. The SMILES string of the molecule is CCOC(=O)CC(=O)c1nc(C)sc1C. The fourth-order valence-corrected chi connectivity index (χ4v) is 2.05. The lowest BCUT2D eigenvalue weighted by Gasteiger charge is -1.99. The number of thiazole rings is 1. The summed E-state index contributed by atoms with van der Waals surface area (Å²) < 4.78 is 4.70. The van der Waals surface area contributed by atoms with Gasteiger partial charge in [-0.1, -0.05) is 0 Å². The zero-order chi connectivity index (χ0) is 11.4. The molecule has 0 spiro atoms. The molecular weight excluding hydrogens is 214 g/mol. The number of carbonyl (C=O) groups excluding carboxylic acids is 2. The van der Waals surface area contributed by atoms with E-state index in [2.05, 4.69) is 4.98 Å². The van der Waals surface area contributed by atoms with E-state index in [1.807, 2.05) is 13.8 Å². The number of hydrogen-bond acceptors (Lipinski definition) is 5. The van der Waals surface area contributed by atoms with Crippen LogP contribution in [0.2, 0.25) is 0 Å². The third kappa shape index (κ3) is 3.13. The number of nitrogens with zero attached hydrogens (tertiary/aromatic N) is 1. The Labute approximate surface area is 92.3 Å². The lowest BCUT2D eigenvalue weighted by molar-refractivity contribution is -0.141. The highest BCUT2D eigenvalue weighted by atomic mass is 32.1. The number of esters is 1. The van der Waals surface area contributed by atoms with Gasteiger partial charge in [-0.2, -0.15) is 0 Å². The minimum absolute atomic E-state index is 0.224. The van der Waals surface area contributed by atoms with Crippen LogP contribution in [0.1, 0.15) is 33.7 Å². The zero-order valence-electron chi connectivity index (χ0n) is 8.99. The number of aryl methyl sites for hydroxylation is 2. The predicted octanol–water partition coefficient (Wildman–Crippen LogP) is 1.90. The molecule has 0 aromatic carbocycles. The Morgan fingerprint density at radius 3 is 2.53 bits per heavy atom. The fraction of sp³-hybridized carbons (Fsp3) is 0.500. The molecule has 0 saturated heterocycles. The molecule has 0 amide bonds. The Morgan fingerprint density at radius 1 is 1.40 bits per heavy atom. The van der Waals surface area contributed by atoms with Crippen LogP contribution in [0.4, 0.5) is 0 Å². The first-order valence-corrected chi connectivity index (χ1v) is 5.49. The topological polar surface area (TPSA) is 56.3 Å². The second-order valence-corrected chi connectivity index (χ2v) is 4.45. The van der Waals surface area contributed by atoms with Gasteiger partial charge in [-0.25, -0.2) is 4.98 Å². The Morgan fingerprint density at radius 2 is 2.07 bits per heavy atom. The third-order valence-electron chi connectivity index (χ3n) is 1.78. The zero-order valence-corrected chi connectivity index (χ0v) is 9.81. The summed E-state index contributed by atoms with van der Waals surface area (Å²) in [5.41, 5.74) is 0.394. The van der Waals surface area contributed by atoms with Crippen molar-refractivity contribution in [2.75, 3.05) is 6.61 Å².